The Morgan fingerprint density at radius 3 is 2.52 bits per heavy atom. The van der Waals surface area contributed by atoms with Gasteiger partial charge in [-0.3, -0.25) is 4.79 Å². The molecule has 0 radical (unpaired) electrons. The highest BCUT2D eigenvalue weighted by Crippen LogP contribution is 2.34. The van der Waals surface area contributed by atoms with Crippen LogP contribution < -0.4 is 9.47 Å². The molecule has 2 aromatic rings. The largest absolute Gasteiger partial charge is 0.490 e. The van der Waals surface area contributed by atoms with Crippen LogP contribution in [0, 0.1) is 5.92 Å². The number of carbonyl (C=O) groups is 2. The van der Waals surface area contributed by atoms with Gasteiger partial charge < -0.3 is 23.4 Å². The summed E-state index contributed by atoms with van der Waals surface area (Å²) in [4.78, 5) is 24.0. The molecule has 0 aliphatic carbocycles. The maximum Gasteiger partial charge on any atom is 0.373 e. The predicted octanol–water partition coefficient (Wildman–Crippen LogP) is 2.37. The molecule has 3 heterocycles. The Hall–Kier alpha value is -3.05. The number of furan rings is 1. The van der Waals surface area contributed by atoms with Crippen LogP contribution in [-0.2, 0) is 30.9 Å². The van der Waals surface area contributed by atoms with E-state index < -0.39 is 27.9 Å². The molecule has 1 aromatic carbocycles. The third kappa shape index (κ3) is 5.14. The van der Waals surface area contributed by atoms with Crippen molar-refractivity contribution in [1.82, 2.24) is 4.31 Å². The van der Waals surface area contributed by atoms with Crippen molar-refractivity contribution in [3.63, 3.8) is 0 Å². The first kappa shape index (κ1) is 23.1. The number of fused-ring (bicyclic) bond motifs is 1. The fourth-order valence-corrected chi connectivity index (χ4v) is 5.20. The third-order valence-electron chi connectivity index (χ3n) is 5.55. The molecule has 11 heteroatoms. The zero-order valence-electron chi connectivity index (χ0n) is 18.2. The molecule has 1 fully saturated rings. The van der Waals surface area contributed by atoms with Crippen molar-refractivity contribution in [2.45, 2.75) is 30.8 Å². The molecule has 1 aromatic heterocycles. The predicted molar refractivity (Wildman–Crippen MR) is 113 cm³/mol. The lowest BCUT2D eigenvalue weighted by molar-refractivity contribution is -0.151. The van der Waals surface area contributed by atoms with Gasteiger partial charge in [-0.05, 0) is 37.1 Å². The second-order valence-electron chi connectivity index (χ2n) is 7.70. The first-order valence-electron chi connectivity index (χ1n) is 10.6. The summed E-state index contributed by atoms with van der Waals surface area (Å²) >= 11 is 0. The minimum absolute atomic E-state index is 0.0248. The highest BCUT2D eigenvalue weighted by molar-refractivity contribution is 7.89. The smallest absolute Gasteiger partial charge is 0.373 e. The number of ether oxygens (including phenoxy) is 4. The van der Waals surface area contributed by atoms with E-state index in [1.165, 1.54) is 35.7 Å². The highest BCUT2D eigenvalue weighted by Gasteiger charge is 2.33. The summed E-state index contributed by atoms with van der Waals surface area (Å²) in [7, 11) is -2.49. The van der Waals surface area contributed by atoms with Crippen molar-refractivity contribution in [3.05, 3.63) is 41.9 Å². The zero-order valence-corrected chi connectivity index (χ0v) is 19.0. The van der Waals surface area contributed by atoms with E-state index in [1.54, 1.807) is 6.07 Å². The van der Waals surface area contributed by atoms with Gasteiger partial charge in [0, 0.05) is 25.6 Å². The highest BCUT2D eigenvalue weighted by atomic mass is 32.2. The molecule has 0 amide bonds. The van der Waals surface area contributed by atoms with Crippen LogP contribution in [0.15, 0.2) is 39.6 Å². The number of piperidine rings is 1. The number of sulfonamides is 1. The summed E-state index contributed by atoms with van der Waals surface area (Å²) in [6.45, 7) is 1.26. The van der Waals surface area contributed by atoms with E-state index in [-0.39, 0.29) is 30.4 Å². The van der Waals surface area contributed by atoms with Gasteiger partial charge >= 0.3 is 11.9 Å². The van der Waals surface area contributed by atoms with Gasteiger partial charge in [0.2, 0.25) is 15.8 Å². The monoisotopic (exact) mass is 479 g/mol. The van der Waals surface area contributed by atoms with Crippen molar-refractivity contribution in [2.75, 3.05) is 33.4 Å². The van der Waals surface area contributed by atoms with Gasteiger partial charge in [-0.25, -0.2) is 13.2 Å². The lowest BCUT2D eigenvalue weighted by atomic mass is 9.98. The molecular weight excluding hydrogens is 454 g/mol. The summed E-state index contributed by atoms with van der Waals surface area (Å²) in [6.07, 6.45) is 1.41. The molecule has 0 atom stereocenters. The number of hydrogen-bond acceptors (Lipinski definition) is 9. The van der Waals surface area contributed by atoms with E-state index in [9.17, 15) is 18.0 Å². The van der Waals surface area contributed by atoms with Crippen LogP contribution in [0.3, 0.4) is 0 Å². The Labute approximate surface area is 191 Å². The maximum atomic E-state index is 13.1. The summed E-state index contributed by atoms with van der Waals surface area (Å²) in [5.41, 5.74) is 0. The van der Waals surface area contributed by atoms with Crippen LogP contribution in [0.1, 0.15) is 35.6 Å². The second kappa shape index (κ2) is 9.84. The van der Waals surface area contributed by atoms with Crippen molar-refractivity contribution >= 4 is 22.0 Å². The average molecular weight is 480 g/mol. The molecule has 178 valence electrons. The normalized spacial score (nSPS) is 17.2. The van der Waals surface area contributed by atoms with Crippen LogP contribution in [-0.4, -0.2) is 58.1 Å². The molecule has 2 aliphatic rings. The van der Waals surface area contributed by atoms with Crippen LogP contribution in [0.4, 0.5) is 0 Å². The van der Waals surface area contributed by atoms with E-state index in [4.69, 9.17) is 18.6 Å². The first-order valence-corrected chi connectivity index (χ1v) is 12.1. The van der Waals surface area contributed by atoms with Gasteiger partial charge in [0.05, 0.1) is 31.1 Å². The Balaban J connectivity index is 1.32. The zero-order chi connectivity index (χ0) is 23.4. The Bertz CT molecular complexity index is 1120. The Morgan fingerprint density at radius 1 is 1.06 bits per heavy atom. The quantitative estimate of drug-likeness (QED) is 0.575. The van der Waals surface area contributed by atoms with Gasteiger partial charge in [0.1, 0.15) is 12.4 Å². The van der Waals surface area contributed by atoms with Crippen molar-refractivity contribution in [1.29, 1.82) is 0 Å². The molecule has 4 rings (SSSR count). The Morgan fingerprint density at radius 2 is 1.79 bits per heavy atom. The molecule has 0 saturated carbocycles. The lowest BCUT2D eigenvalue weighted by Gasteiger charge is -2.30. The van der Waals surface area contributed by atoms with E-state index in [0.29, 0.717) is 43.3 Å². The van der Waals surface area contributed by atoms with E-state index in [0.717, 1.165) is 6.42 Å². The van der Waals surface area contributed by atoms with Gasteiger partial charge in [-0.15, -0.1) is 0 Å². The molecule has 0 spiro atoms. The van der Waals surface area contributed by atoms with E-state index >= 15 is 0 Å². The van der Waals surface area contributed by atoms with Crippen molar-refractivity contribution < 1.29 is 41.4 Å². The molecule has 2 aliphatic heterocycles. The SMILES string of the molecule is COC(=O)c1ccc(COC(=O)C2CCN(S(=O)(=O)c3ccc4c(c3)OCCCO4)CC2)o1. The van der Waals surface area contributed by atoms with Crippen LogP contribution in [0.5, 0.6) is 11.5 Å². The van der Waals surface area contributed by atoms with Crippen LogP contribution in [0.2, 0.25) is 0 Å². The summed E-state index contributed by atoms with van der Waals surface area (Å²) in [6, 6.07) is 7.58. The van der Waals surface area contributed by atoms with Crippen molar-refractivity contribution in [2.24, 2.45) is 5.92 Å². The minimum Gasteiger partial charge on any atom is -0.490 e. The van der Waals surface area contributed by atoms with Gasteiger partial charge in [0.25, 0.3) is 0 Å². The molecule has 1 saturated heterocycles. The minimum atomic E-state index is -3.73. The van der Waals surface area contributed by atoms with Crippen LogP contribution in [0.25, 0.3) is 0 Å². The number of esters is 2. The standard InChI is InChI=1S/C22H25NO9S/c1-28-22(25)19-5-3-16(32-19)14-31-21(24)15-7-9-23(10-8-15)33(26,27)17-4-6-18-20(13-17)30-12-2-11-29-18/h3-6,13,15H,2,7-12,14H2,1H3. The molecule has 33 heavy (non-hydrogen) atoms. The summed E-state index contributed by atoms with van der Waals surface area (Å²) < 4.78 is 53.8. The third-order valence-corrected chi connectivity index (χ3v) is 7.44. The summed E-state index contributed by atoms with van der Waals surface area (Å²) in [5.74, 6) is -0.179. The molecule has 0 unspecified atom stereocenters. The average Bonchev–Trinajstić information content (AvgIpc) is 3.19. The second-order valence-corrected chi connectivity index (χ2v) is 9.64. The first-order chi connectivity index (χ1) is 15.9. The Kier molecular flexibility index (Phi) is 6.89. The number of benzene rings is 1. The van der Waals surface area contributed by atoms with Gasteiger partial charge in [-0.2, -0.15) is 4.31 Å². The van der Waals surface area contributed by atoms with E-state index in [2.05, 4.69) is 4.74 Å². The number of nitrogens with zero attached hydrogens (tertiary/aromatic N) is 1. The molecule has 0 bridgehead atoms. The number of methoxy groups -OCH3 is 1. The topological polar surface area (TPSA) is 122 Å². The number of hydrogen-bond donors (Lipinski definition) is 0. The fourth-order valence-electron chi connectivity index (χ4n) is 3.71. The molecular formula is C22H25NO9S. The van der Waals surface area contributed by atoms with Gasteiger partial charge in [0.15, 0.2) is 11.5 Å². The van der Waals surface area contributed by atoms with E-state index in [1.807, 2.05) is 0 Å². The lowest BCUT2D eigenvalue weighted by Crippen LogP contribution is -2.40. The van der Waals surface area contributed by atoms with Gasteiger partial charge in [-0.1, -0.05) is 0 Å². The van der Waals surface area contributed by atoms with Crippen LogP contribution >= 0.6 is 0 Å². The number of rotatable bonds is 6. The maximum absolute atomic E-state index is 13.1. The summed E-state index contributed by atoms with van der Waals surface area (Å²) in [5, 5.41) is 0. The molecule has 0 N–H and O–H groups in total. The van der Waals surface area contributed by atoms with Crippen molar-refractivity contribution in [3.8, 4) is 11.5 Å². The number of carbonyl (C=O) groups excluding carboxylic acids is 2. The fraction of sp³-hybridized carbons (Fsp3) is 0.455. The molecule has 10 nitrogen and oxygen atoms in total.